The van der Waals surface area contributed by atoms with Gasteiger partial charge in [0.2, 0.25) is 10.0 Å². The number of hydrogen-bond acceptors (Lipinski definition) is 7. The van der Waals surface area contributed by atoms with Gasteiger partial charge in [-0.1, -0.05) is 19.9 Å². The van der Waals surface area contributed by atoms with Gasteiger partial charge < -0.3 is 10.1 Å². The number of aromatic nitrogens is 4. The van der Waals surface area contributed by atoms with Crippen molar-refractivity contribution in [2.75, 3.05) is 18.4 Å². The number of ether oxygens (including phenoxy) is 1. The predicted molar refractivity (Wildman–Crippen MR) is 119 cm³/mol. The Kier molecular flexibility index (Phi) is 7.21. The Labute approximate surface area is 187 Å². The summed E-state index contributed by atoms with van der Waals surface area (Å²) in [5, 5.41) is 13.8. The van der Waals surface area contributed by atoms with E-state index in [-0.39, 0.29) is 16.7 Å². The van der Waals surface area contributed by atoms with E-state index in [9.17, 15) is 13.2 Å². The number of tetrazole rings is 1. The van der Waals surface area contributed by atoms with Crippen LogP contribution >= 0.6 is 0 Å². The summed E-state index contributed by atoms with van der Waals surface area (Å²) in [4.78, 5) is 13.1. The maximum absolute atomic E-state index is 13.0. The lowest BCUT2D eigenvalue weighted by Crippen LogP contribution is -2.30. The van der Waals surface area contributed by atoms with Crippen LogP contribution < -0.4 is 10.1 Å². The van der Waals surface area contributed by atoms with Crippen LogP contribution in [0.25, 0.3) is 5.69 Å². The monoisotopic (exact) mass is 458 g/mol. The first-order chi connectivity index (χ1) is 15.3. The predicted octanol–water partition coefficient (Wildman–Crippen LogP) is 2.73. The van der Waals surface area contributed by atoms with Gasteiger partial charge in [-0.25, -0.2) is 13.1 Å². The van der Waals surface area contributed by atoms with Crippen molar-refractivity contribution < 1.29 is 17.9 Å². The highest BCUT2D eigenvalue weighted by Crippen LogP contribution is 2.30. The maximum Gasteiger partial charge on any atom is 0.255 e. The van der Waals surface area contributed by atoms with Crippen molar-refractivity contribution >= 4 is 21.6 Å². The molecule has 0 bridgehead atoms. The summed E-state index contributed by atoms with van der Waals surface area (Å²) in [6.45, 7) is 7.93. The molecule has 0 atom stereocenters. The number of hydrogen-bond donors (Lipinski definition) is 1. The number of nitrogens with zero attached hydrogens (tertiary/aromatic N) is 5. The second-order valence-electron chi connectivity index (χ2n) is 7.17. The van der Waals surface area contributed by atoms with Crippen LogP contribution in [-0.4, -0.2) is 58.0 Å². The molecule has 0 spiro atoms. The summed E-state index contributed by atoms with van der Waals surface area (Å²) < 4.78 is 34.5. The third kappa shape index (κ3) is 5.11. The van der Waals surface area contributed by atoms with E-state index in [0.29, 0.717) is 30.1 Å². The number of anilines is 1. The summed E-state index contributed by atoms with van der Waals surface area (Å²) in [7, 11) is -3.70. The number of rotatable bonds is 9. The van der Waals surface area contributed by atoms with E-state index in [4.69, 9.17) is 4.74 Å². The molecule has 1 amide bonds. The first kappa shape index (κ1) is 23.4. The number of carbonyl (C=O) groups is 1. The van der Waals surface area contributed by atoms with Gasteiger partial charge in [0.1, 0.15) is 12.1 Å². The molecule has 0 aliphatic rings. The molecule has 0 saturated carbocycles. The minimum Gasteiger partial charge on any atom is -0.489 e. The zero-order chi connectivity index (χ0) is 23.3. The van der Waals surface area contributed by atoms with Gasteiger partial charge in [0.25, 0.3) is 5.91 Å². The molecular weight excluding hydrogens is 432 g/mol. The first-order valence-corrected chi connectivity index (χ1v) is 11.7. The molecule has 3 aromatic rings. The van der Waals surface area contributed by atoms with Crippen molar-refractivity contribution in [2.45, 2.75) is 38.7 Å². The summed E-state index contributed by atoms with van der Waals surface area (Å²) in [5.74, 6) is -0.0469. The summed E-state index contributed by atoms with van der Waals surface area (Å²) in [5.41, 5.74) is 1.23. The van der Waals surface area contributed by atoms with Crippen molar-refractivity contribution in [3.63, 3.8) is 0 Å². The third-order valence-electron chi connectivity index (χ3n) is 4.63. The molecule has 0 aliphatic heterocycles. The van der Waals surface area contributed by atoms with Gasteiger partial charge in [0.05, 0.1) is 22.4 Å². The minimum absolute atomic E-state index is 0.0787. The van der Waals surface area contributed by atoms with Crippen molar-refractivity contribution in [1.82, 2.24) is 24.5 Å². The van der Waals surface area contributed by atoms with Gasteiger partial charge in [-0.15, -0.1) is 5.10 Å². The quantitative estimate of drug-likeness (QED) is 0.523. The maximum atomic E-state index is 13.0. The Morgan fingerprint density at radius 1 is 1.16 bits per heavy atom. The van der Waals surface area contributed by atoms with E-state index in [1.54, 1.807) is 44.2 Å². The van der Waals surface area contributed by atoms with E-state index in [1.165, 1.54) is 27.4 Å². The molecule has 11 heteroatoms. The topological polar surface area (TPSA) is 119 Å². The number of nitrogens with one attached hydrogen (secondary N) is 1. The Balaban J connectivity index is 1.96. The molecule has 32 heavy (non-hydrogen) atoms. The molecule has 3 rings (SSSR count). The molecule has 170 valence electrons. The smallest absolute Gasteiger partial charge is 0.255 e. The Morgan fingerprint density at radius 2 is 1.91 bits per heavy atom. The molecule has 1 aromatic heterocycles. The Bertz CT molecular complexity index is 1170. The molecular formula is C21H26N6O4S. The number of benzene rings is 2. The molecule has 0 saturated heterocycles. The second kappa shape index (κ2) is 9.88. The van der Waals surface area contributed by atoms with Crippen molar-refractivity contribution in [2.24, 2.45) is 0 Å². The van der Waals surface area contributed by atoms with Gasteiger partial charge in [0.15, 0.2) is 0 Å². The van der Waals surface area contributed by atoms with E-state index in [2.05, 4.69) is 20.8 Å². The molecule has 0 aliphatic carbocycles. The van der Waals surface area contributed by atoms with E-state index in [1.807, 2.05) is 13.8 Å². The lowest BCUT2D eigenvalue weighted by Gasteiger charge is -2.20. The highest BCUT2D eigenvalue weighted by Gasteiger charge is 2.24. The molecule has 2 aromatic carbocycles. The van der Waals surface area contributed by atoms with Crippen molar-refractivity contribution in [1.29, 1.82) is 0 Å². The molecule has 0 radical (unpaired) electrons. The van der Waals surface area contributed by atoms with Crippen molar-refractivity contribution in [3.8, 4) is 11.4 Å². The van der Waals surface area contributed by atoms with Gasteiger partial charge in [-0.2, -0.15) is 4.31 Å². The SMILES string of the molecule is CCN(CC)S(=O)(=O)c1ccc(OC(C)C)c(NC(=O)c2cccc(-n3cnnn3)c2)c1. The lowest BCUT2D eigenvalue weighted by molar-refractivity contribution is 0.102. The largest absolute Gasteiger partial charge is 0.489 e. The zero-order valence-electron chi connectivity index (χ0n) is 18.4. The summed E-state index contributed by atoms with van der Waals surface area (Å²) in [6, 6.07) is 11.2. The van der Waals surface area contributed by atoms with Crippen LogP contribution in [0.2, 0.25) is 0 Å². The van der Waals surface area contributed by atoms with Gasteiger partial charge in [-0.05, 0) is 60.7 Å². The molecule has 0 fully saturated rings. The average molecular weight is 459 g/mol. The van der Waals surface area contributed by atoms with E-state index in [0.717, 1.165) is 0 Å². The Hall–Kier alpha value is -3.31. The zero-order valence-corrected chi connectivity index (χ0v) is 19.2. The normalized spacial score (nSPS) is 11.7. The molecule has 0 unspecified atom stereocenters. The van der Waals surface area contributed by atoms with E-state index < -0.39 is 15.9 Å². The number of carbonyl (C=O) groups excluding carboxylic acids is 1. The fourth-order valence-electron chi connectivity index (χ4n) is 3.10. The van der Waals surface area contributed by atoms with Crippen molar-refractivity contribution in [3.05, 3.63) is 54.4 Å². The highest BCUT2D eigenvalue weighted by molar-refractivity contribution is 7.89. The first-order valence-electron chi connectivity index (χ1n) is 10.2. The van der Waals surface area contributed by atoms with Crippen LogP contribution in [0.15, 0.2) is 53.7 Å². The highest BCUT2D eigenvalue weighted by atomic mass is 32.2. The molecule has 1 N–H and O–H groups in total. The summed E-state index contributed by atoms with van der Waals surface area (Å²) in [6.07, 6.45) is 1.26. The van der Waals surface area contributed by atoms with Crippen LogP contribution in [0, 0.1) is 0 Å². The second-order valence-corrected chi connectivity index (χ2v) is 9.11. The van der Waals surface area contributed by atoms with Gasteiger partial charge >= 0.3 is 0 Å². The average Bonchev–Trinajstić information content (AvgIpc) is 3.30. The fourth-order valence-corrected chi connectivity index (χ4v) is 4.59. The molecule has 10 nitrogen and oxygen atoms in total. The van der Waals surface area contributed by atoms with Crippen LogP contribution in [0.1, 0.15) is 38.1 Å². The third-order valence-corrected chi connectivity index (χ3v) is 6.67. The Morgan fingerprint density at radius 3 is 2.53 bits per heavy atom. The standard InChI is InChI=1S/C21H26N6O4S/c1-5-26(6-2)32(29,30)18-10-11-20(31-15(3)4)19(13-18)23-21(28)16-8-7-9-17(12-16)27-14-22-24-25-27/h7-15H,5-6H2,1-4H3,(H,23,28). The van der Waals surface area contributed by atoms with Crippen LogP contribution in [0.3, 0.4) is 0 Å². The lowest BCUT2D eigenvalue weighted by atomic mass is 10.2. The molecule has 1 heterocycles. The van der Waals surface area contributed by atoms with E-state index >= 15 is 0 Å². The van der Waals surface area contributed by atoms with Crippen LogP contribution in [0.5, 0.6) is 5.75 Å². The van der Waals surface area contributed by atoms with Crippen LogP contribution in [0.4, 0.5) is 5.69 Å². The number of amides is 1. The minimum atomic E-state index is -3.70. The van der Waals surface area contributed by atoms with Crippen LogP contribution in [-0.2, 0) is 10.0 Å². The fraction of sp³-hybridized carbons (Fsp3) is 0.333. The number of sulfonamides is 1. The van der Waals surface area contributed by atoms with Gasteiger partial charge in [0, 0.05) is 18.7 Å². The van der Waals surface area contributed by atoms with Gasteiger partial charge in [-0.3, -0.25) is 4.79 Å². The summed E-state index contributed by atoms with van der Waals surface area (Å²) >= 11 is 0.